The van der Waals surface area contributed by atoms with Gasteiger partial charge in [0.2, 0.25) is 0 Å². The fraction of sp³-hybridized carbons (Fsp3) is 0.438. The summed E-state index contributed by atoms with van der Waals surface area (Å²) in [6.45, 7) is 5.98. The third kappa shape index (κ3) is 4.53. The summed E-state index contributed by atoms with van der Waals surface area (Å²) < 4.78 is 8.58. The monoisotopic (exact) mass is 290 g/mol. The van der Waals surface area contributed by atoms with E-state index in [2.05, 4.69) is 25.0 Å². The number of hydrogen-bond donors (Lipinski definition) is 1. The Morgan fingerprint density at radius 1 is 1.25 bits per heavy atom. The van der Waals surface area contributed by atoms with E-state index in [-0.39, 0.29) is 0 Å². The number of para-hydroxylation sites is 1. The van der Waals surface area contributed by atoms with Crippen molar-refractivity contribution in [2.75, 3.05) is 6.61 Å². The fourth-order valence-electron chi connectivity index (χ4n) is 2.13. The molecule has 0 saturated carbocycles. The van der Waals surface area contributed by atoms with Crippen molar-refractivity contribution in [2.45, 2.75) is 33.2 Å². The maximum atomic E-state index is 5.68. The molecule has 20 heavy (non-hydrogen) atoms. The van der Waals surface area contributed by atoms with Crippen LogP contribution in [-0.4, -0.2) is 16.4 Å². The number of H-pyrrole nitrogens is 1. The number of aryl methyl sites for hydroxylation is 1. The quantitative estimate of drug-likeness (QED) is 0.611. The summed E-state index contributed by atoms with van der Waals surface area (Å²) in [5, 5.41) is 3.37. The lowest BCUT2D eigenvalue weighted by Gasteiger charge is -2.07. The van der Waals surface area contributed by atoms with Crippen molar-refractivity contribution >= 4 is 12.2 Å². The van der Waals surface area contributed by atoms with Crippen LogP contribution >= 0.6 is 12.2 Å². The van der Waals surface area contributed by atoms with Gasteiger partial charge in [0, 0.05) is 18.7 Å². The Balaban J connectivity index is 1.79. The molecule has 3 nitrogen and oxygen atoms in total. The molecule has 2 aromatic rings. The first-order valence-corrected chi connectivity index (χ1v) is 7.52. The number of nitrogens with zero attached hydrogens (tertiary/aromatic N) is 1. The highest BCUT2D eigenvalue weighted by molar-refractivity contribution is 7.71. The molecule has 0 amide bonds. The zero-order valence-corrected chi connectivity index (χ0v) is 13.0. The fourth-order valence-corrected chi connectivity index (χ4v) is 2.41. The molecule has 1 aromatic carbocycles. The molecule has 0 aliphatic heterocycles. The first-order chi connectivity index (χ1) is 9.65. The largest absolute Gasteiger partial charge is 0.494 e. The van der Waals surface area contributed by atoms with Crippen LogP contribution in [0.25, 0.3) is 0 Å². The van der Waals surface area contributed by atoms with Crippen molar-refractivity contribution in [2.24, 2.45) is 5.92 Å². The minimum atomic E-state index is 0.637. The smallest absolute Gasteiger partial charge is 0.122 e. The Kier molecular flexibility index (Phi) is 5.41. The van der Waals surface area contributed by atoms with E-state index in [0.717, 1.165) is 29.8 Å². The molecule has 0 fully saturated rings. The van der Waals surface area contributed by atoms with Crippen molar-refractivity contribution in [3.8, 4) is 5.75 Å². The Bertz CT molecular complexity index is 572. The molecule has 0 atom stereocenters. The zero-order valence-electron chi connectivity index (χ0n) is 12.1. The lowest BCUT2D eigenvalue weighted by atomic mass is 10.1. The van der Waals surface area contributed by atoms with Gasteiger partial charge in [-0.1, -0.05) is 44.3 Å². The van der Waals surface area contributed by atoms with Gasteiger partial charge in [0.25, 0.3) is 0 Å². The molecular formula is C16H22N2OS. The second-order valence-corrected chi connectivity index (χ2v) is 5.80. The van der Waals surface area contributed by atoms with Crippen LogP contribution in [0.4, 0.5) is 0 Å². The summed E-state index contributed by atoms with van der Waals surface area (Å²) in [6, 6.07) is 12.0. The van der Waals surface area contributed by atoms with E-state index < -0.39 is 0 Å². The molecule has 0 spiro atoms. The minimum absolute atomic E-state index is 0.637. The number of nitrogens with one attached hydrogen (secondary N) is 1. The number of ether oxygens (including phenoxy) is 1. The molecule has 1 aromatic heterocycles. The van der Waals surface area contributed by atoms with Crippen LogP contribution in [0, 0.1) is 10.6 Å². The molecular weight excluding hydrogens is 268 g/mol. The highest BCUT2D eigenvalue weighted by Gasteiger charge is 2.03. The highest BCUT2D eigenvalue weighted by atomic mass is 32.1. The number of rotatable bonds is 7. The van der Waals surface area contributed by atoms with E-state index >= 15 is 0 Å². The molecule has 108 valence electrons. The van der Waals surface area contributed by atoms with Gasteiger partial charge in [-0.15, -0.1) is 0 Å². The molecule has 0 bridgehead atoms. The van der Waals surface area contributed by atoms with E-state index in [4.69, 9.17) is 17.0 Å². The summed E-state index contributed by atoms with van der Waals surface area (Å²) in [6.07, 6.45) is 1.97. The van der Waals surface area contributed by atoms with Crippen molar-refractivity contribution in [3.05, 3.63) is 46.7 Å². The number of aromatic amines is 1. The van der Waals surface area contributed by atoms with Gasteiger partial charge in [-0.3, -0.25) is 4.68 Å². The van der Waals surface area contributed by atoms with Gasteiger partial charge < -0.3 is 9.84 Å². The van der Waals surface area contributed by atoms with Crippen molar-refractivity contribution in [1.82, 2.24) is 9.78 Å². The van der Waals surface area contributed by atoms with Crippen molar-refractivity contribution in [3.63, 3.8) is 0 Å². The summed E-state index contributed by atoms with van der Waals surface area (Å²) in [4.78, 5) is 0. The standard InChI is InChI=1S/C16H22N2OS/c1-13(2)11-14-12-16(20)18(17-14)9-6-10-19-15-7-4-3-5-8-15/h3-5,7-8,12-13,17H,6,9-11H2,1-2H3. The zero-order chi connectivity index (χ0) is 14.4. The molecule has 1 N–H and O–H groups in total. The van der Waals surface area contributed by atoms with E-state index in [1.807, 2.05) is 35.0 Å². The molecule has 0 unspecified atom stereocenters. The molecule has 0 saturated heterocycles. The van der Waals surface area contributed by atoms with E-state index in [0.29, 0.717) is 12.5 Å². The van der Waals surface area contributed by atoms with Crippen LogP contribution in [0.15, 0.2) is 36.4 Å². The van der Waals surface area contributed by atoms with Gasteiger partial charge in [0.1, 0.15) is 10.4 Å². The average Bonchev–Trinajstić information content (AvgIpc) is 2.75. The third-order valence-corrected chi connectivity index (χ3v) is 3.35. The van der Waals surface area contributed by atoms with E-state index in [1.54, 1.807) is 0 Å². The molecule has 1 heterocycles. The van der Waals surface area contributed by atoms with Crippen molar-refractivity contribution in [1.29, 1.82) is 0 Å². The van der Waals surface area contributed by atoms with Crippen LogP contribution in [0.1, 0.15) is 26.0 Å². The number of aromatic nitrogens is 2. The van der Waals surface area contributed by atoms with E-state index in [9.17, 15) is 0 Å². The van der Waals surface area contributed by atoms with Gasteiger partial charge in [0.15, 0.2) is 0 Å². The first kappa shape index (κ1) is 14.9. The second kappa shape index (κ2) is 7.29. The summed E-state index contributed by atoms with van der Waals surface area (Å²) in [7, 11) is 0. The van der Waals surface area contributed by atoms with Gasteiger partial charge >= 0.3 is 0 Å². The molecule has 0 radical (unpaired) electrons. The van der Waals surface area contributed by atoms with Crippen LogP contribution in [-0.2, 0) is 13.0 Å². The SMILES string of the molecule is CC(C)Cc1cc(=S)n(CCCOc2ccccc2)[nH]1. The first-order valence-electron chi connectivity index (χ1n) is 7.11. The lowest BCUT2D eigenvalue weighted by molar-refractivity contribution is 0.298. The highest BCUT2D eigenvalue weighted by Crippen LogP contribution is 2.10. The predicted molar refractivity (Wildman–Crippen MR) is 84.7 cm³/mol. The normalized spacial score (nSPS) is 10.9. The van der Waals surface area contributed by atoms with Crippen molar-refractivity contribution < 1.29 is 4.74 Å². The van der Waals surface area contributed by atoms with Crippen LogP contribution < -0.4 is 4.74 Å². The maximum Gasteiger partial charge on any atom is 0.122 e. The second-order valence-electron chi connectivity index (χ2n) is 5.38. The number of hydrogen-bond acceptors (Lipinski definition) is 2. The Morgan fingerprint density at radius 2 is 2.00 bits per heavy atom. The maximum absolute atomic E-state index is 5.68. The minimum Gasteiger partial charge on any atom is -0.494 e. The summed E-state index contributed by atoms with van der Waals surface area (Å²) >= 11 is 5.36. The van der Waals surface area contributed by atoms with Crippen LogP contribution in [0.5, 0.6) is 5.75 Å². The third-order valence-electron chi connectivity index (χ3n) is 3.01. The molecule has 4 heteroatoms. The summed E-state index contributed by atoms with van der Waals surface area (Å²) in [5.41, 5.74) is 1.22. The van der Waals surface area contributed by atoms with Gasteiger partial charge in [-0.25, -0.2) is 0 Å². The lowest BCUT2D eigenvalue weighted by Crippen LogP contribution is -2.06. The van der Waals surface area contributed by atoms with Gasteiger partial charge in [-0.05, 0) is 30.5 Å². The van der Waals surface area contributed by atoms with E-state index in [1.165, 1.54) is 5.69 Å². The Labute approximate surface area is 125 Å². The topological polar surface area (TPSA) is 29.9 Å². The Hall–Kier alpha value is -1.55. The molecule has 0 aliphatic rings. The van der Waals surface area contributed by atoms with Crippen LogP contribution in [0.3, 0.4) is 0 Å². The summed E-state index contributed by atoms with van der Waals surface area (Å²) in [5.74, 6) is 1.56. The molecule has 0 aliphatic carbocycles. The van der Waals surface area contributed by atoms with Gasteiger partial charge in [0.05, 0.1) is 6.61 Å². The predicted octanol–water partition coefficient (Wildman–Crippen LogP) is 4.21. The molecule has 2 rings (SSSR count). The average molecular weight is 290 g/mol. The Morgan fingerprint density at radius 3 is 2.70 bits per heavy atom. The van der Waals surface area contributed by atoms with Gasteiger partial charge in [-0.2, -0.15) is 0 Å². The number of benzene rings is 1. The van der Waals surface area contributed by atoms with Crippen LogP contribution in [0.2, 0.25) is 0 Å².